The molecule has 26 heavy (non-hydrogen) atoms. The van der Waals surface area contributed by atoms with Gasteiger partial charge in [0.15, 0.2) is 0 Å². The van der Waals surface area contributed by atoms with Crippen molar-refractivity contribution in [2.45, 2.75) is 50.0 Å². The van der Waals surface area contributed by atoms with Crippen molar-refractivity contribution in [3.63, 3.8) is 0 Å². The lowest BCUT2D eigenvalue weighted by Gasteiger charge is -2.31. The van der Waals surface area contributed by atoms with E-state index in [2.05, 4.69) is 16.5 Å². The predicted molar refractivity (Wildman–Crippen MR) is 105 cm³/mol. The van der Waals surface area contributed by atoms with E-state index >= 15 is 0 Å². The molecule has 2 aliphatic heterocycles. The highest BCUT2D eigenvalue weighted by molar-refractivity contribution is 7.89. The molecule has 0 aromatic heterocycles. The third kappa shape index (κ3) is 4.97. The van der Waals surface area contributed by atoms with Gasteiger partial charge in [0.05, 0.1) is 4.90 Å². The van der Waals surface area contributed by atoms with Crippen LogP contribution in [0.4, 0.5) is 5.69 Å². The van der Waals surface area contributed by atoms with Crippen LogP contribution in [0.1, 0.15) is 39.0 Å². The van der Waals surface area contributed by atoms with Crippen LogP contribution in [0.25, 0.3) is 0 Å². The van der Waals surface area contributed by atoms with Gasteiger partial charge in [-0.25, -0.2) is 13.1 Å². The molecule has 1 amide bonds. The normalized spacial score (nSPS) is 19.6. The molecule has 2 aliphatic rings. The number of nitrogens with zero attached hydrogens (tertiary/aromatic N) is 2. The first-order valence-electron chi connectivity index (χ1n) is 9.15. The molecule has 2 saturated heterocycles. The van der Waals surface area contributed by atoms with Crippen molar-refractivity contribution in [1.29, 1.82) is 0 Å². The number of nitrogens with one attached hydrogen (secondary N) is 1. The number of sulfonamides is 1. The predicted octanol–water partition coefficient (Wildman–Crippen LogP) is 2.39. The molecular formula is C18H28ClN3O3S. The molecule has 1 aromatic carbocycles. The molecule has 0 saturated carbocycles. The number of benzene rings is 1. The van der Waals surface area contributed by atoms with Crippen LogP contribution < -0.4 is 9.62 Å². The Bertz CT molecular complexity index is 701. The summed E-state index contributed by atoms with van der Waals surface area (Å²) < 4.78 is 28.0. The summed E-state index contributed by atoms with van der Waals surface area (Å²) in [7, 11) is -3.52. The number of carbonyl (C=O) groups is 1. The van der Waals surface area contributed by atoms with E-state index in [4.69, 9.17) is 0 Å². The molecule has 0 unspecified atom stereocenters. The van der Waals surface area contributed by atoms with Gasteiger partial charge in [0.1, 0.15) is 0 Å². The fourth-order valence-corrected chi connectivity index (χ4v) is 4.91. The van der Waals surface area contributed by atoms with Crippen molar-refractivity contribution in [1.82, 2.24) is 9.62 Å². The maximum atomic E-state index is 12.6. The molecule has 8 heteroatoms. The lowest BCUT2D eigenvalue weighted by molar-refractivity contribution is -0.117. The summed E-state index contributed by atoms with van der Waals surface area (Å²) in [5, 5.41) is 0. The van der Waals surface area contributed by atoms with Crippen LogP contribution in [0.3, 0.4) is 0 Å². The highest BCUT2D eigenvalue weighted by Crippen LogP contribution is 2.23. The number of carbonyl (C=O) groups excluding carboxylic acids is 1. The maximum absolute atomic E-state index is 12.6. The second-order valence-corrected chi connectivity index (χ2v) is 8.59. The first-order chi connectivity index (χ1) is 12.0. The lowest BCUT2D eigenvalue weighted by atomic mass is 10.1. The van der Waals surface area contributed by atoms with E-state index in [1.165, 1.54) is 0 Å². The maximum Gasteiger partial charge on any atom is 0.240 e. The number of amides is 1. The minimum Gasteiger partial charge on any atom is -0.312 e. The second-order valence-electron chi connectivity index (χ2n) is 6.88. The smallest absolute Gasteiger partial charge is 0.240 e. The largest absolute Gasteiger partial charge is 0.312 e. The fraction of sp³-hybridized carbons (Fsp3) is 0.611. The number of hydrogen-bond acceptors (Lipinski definition) is 4. The standard InChI is InChI=1S/C18H27N3O3S.ClH/c1-2-11-20-13-9-15(10-14-20)19-25(23,24)17-7-5-16(6-8-17)21-12-3-4-18(21)22;/h5-8,15,19H,2-4,9-14H2,1H3;1H. The fourth-order valence-electron chi connectivity index (χ4n) is 3.60. The zero-order valence-electron chi connectivity index (χ0n) is 15.2. The Labute approximate surface area is 162 Å². The molecule has 0 bridgehead atoms. The average Bonchev–Trinajstić information content (AvgIpc) is 3.03. The van der Waals surface area contributed by atoms with Gasteiger partial charge >= 0.3 is 0 Å². The third-order valence-electron chi connectivity index (χ3n) is 4.98. The van der Waals surface area contributed by atoms with Gasteiger partial charge in [0, 0.05) is 24.7 Å². The molecule has 3 rings (SSSR count). The molecule has 1 N–H and O–H groups in total. The Kier molecular flexibility index (Phi) is 7.46. The number of halogens is 1. The minimum absolute atomic E-state index is 0. The molecule has 0 atom stereocenters. The van der Waals surface area contributed by atoms with Gasteiger partial charge in [-0.15, -0.1) is 12.4 Å². The van der Waals surface area contributed by atoms with Crippen molar-refractivity contribution in [3.8, 4) is 0 Å². The van der Waals surface area contributed by atoms with Gasteiger partial charge in [-0.2, -0.15) is 0 Å². The molecule has 0 aliphatic carbocycles. The van der Waals surface area contributed by atoms with E-state index in [1.54, 1.807) is 29.2 Å². The molecule has 6 nitrogen and oxygen atoms in total. The molecule has 0 radical (unpaired) electrons. The van der Waals surface area contributed by atoms with Crippen LogP contribution in [0.5, 0.6) is 0 Å². The van der Waals surface area contributed by atoms with Crippen molar-refractivity contribution in [2.75, 3.05) is 31.1 Å². The number of piperidine rings is 1. The van der Waals surface area contributed by atoms with Gasteiger partial charge in [0.2, 0.25) is 15.9 Å². The Morgan fingerprint density at radius 2 is 1.77 bits per heavy atom. The number of rotatable bonds is 6. The van der Waals surface area contributed by atoms with E-state index < -0.39 is 10.0 Å². The summed E-state index contributed by atoms with van der Waals surface area (Å²) >= 11 is 0. The molecule has 1 aromatic rings. The van der Waals surface area contributed by atoms with Crippen molar-refractivity contribution in [2.24, 2.45) is 0 Å². The number of anilines is 1. The van der Waals surface area contributed by atoms with Crippen molar-refractivity contribution in [3.05, 3.63) is 24.3 Å². The number of hydrogen-bond donors (Lipinski definition) is 1. The van der Waals surface area contributed by atoms with Crippen LogP contribution in [-0.4, -0.2) is 51.4 Å². The first-order valence-corrected chi connectivity index (χ1v) is 10.6. The van der Waals surface area contributed by atoms with Crippen molar-refractivity contribution < 1.29 is 13.2 Å². The topological polar surface area (TPSA) is 69.7 Å². The Hall–Kier alpha value is -1.15. The summed E-state index contributed by atoms with van der Waals surface area (Å²) in [5.41, 5.74) is 0.773. The Balaban J connectivity index is 0.00000243. The van der Waals surface area contributed by atoms with Crippen LogP contribution in [0.15, 0.2) is 29.2 Å². The van der Waals surface area contributed by atoms with E-state index in [-0.39, 0.29) is 29.3 Å². The van der Waals surface area contributed by atoms with E-state index in [1.807, 2.05) is 0 Å². The van der Waals surface area contributed by atoms with E-state index in [0.717, 1.165) is 51.0 Å². The molecular weight excluding hydrogens is 374 g/mol. The summed E-state index contributed by atoms with van der Waals surface area (Å²) in [6, 6.07) is 6.63. The van der Waals surface area contributed by atoms with Gasteiger partial charge in [0.25, 0.3) is 0 Å². The minimum atomic E-state index is -3.52. The summed E-state index contributed by atoms with van der Waals surface area (Å²) in [5.74, 6) is 0.104. The molecule has 0 spiro atoms. The van der Waals surface area contributed by atoms with E-state index in [0.29, 0.717) is 13.0 Å². The molecule has 2 fully saturated rings. The van der Waals surface area contributed by atoms with Gasteiger partial charge < -0.3 is 9.80 Å². The molecule has 2 heterocycles. The van der Waals surface area contributed by atoms with Crippen LogP contribution in [0, 0.1) is 0 Å². The monoisotopic (exact) mass is 401 g/mol. The van der Waals surface area contributed by atoms with Crippen LogP contribution in [0.2, 0.25) is 0 Å². The summed E-state index contributed by atoms with van der Waals surface area (Å²) in [6.07, 6.45) is 4.25. The van der Waals surface area contributed by atoms with Crippen LogP contribution in [-0.2, 0) is 14.8 Å². The van der Waals surface area contributed by atoms with Crippen LogP contribution >= 0.6 is 12.4 Å². The third-order valence-corrected chi connectivity index (χ3v) is 6.52. The highest BCUT2D eigenvalue weighted by atomic mass is 35.5. The summed E-state index contributed by atoms with van der Waals surface area (Å²) in [6.45, 7) is 5.83. The zero-order valence-corrected chi connectivity index (χ0v) is 16.8. The van der Waals surface area contributed by atoms with E-state index in [9.17, 15) is 13.2 Å². The molecule has 146 valence electrons. The van der Waals surface area contributed by atoms with Gasteiger partial charge in [-0.3, -0.25) is 4.79 Å². The quantitative estimate of drug-likeness (QED) is 0.794. The highest BCUT2D eigenvalue weighted by Gasteiger charge is 2.25. The van der Waals surface area contributed by atoms with Crippen molar-refractivity contribution >= 4 is 34.0 Å². The van der Waals surface area contributed by atoms with Gasteiger partial charge in [-0.1, -0.05) is 6.92 Å². The Morgan fingerprint density at radius 3 is 2.31 bits per heavy atom. The average molecular weight is 402 g/mol. The number of likely N-dealkylation sites (tertiary alicyclic amines) is 1. The van der Waals surface area contributed by atoms with Gasteiger partial charge in [-0.05, 0) is 69.6 Å². The zero-order chi connectivity index (χ0) is 17.9. The summed E-state index contributed by atoms with van der Waals surface area (Å²) in [4.78, 5) is 16.1. The second kappa shape index (κ2) is 9.17. The lowest BCUT2D eigenvalue weighted by Crippen LogP contribution is -2.44. The first kappa shape index (κ1) is 21.2. The Morgan fingerprint density at radius 1 is 1.12 bits per heavy atom. The SMILES string of the molecule is CCCN1CCC(NS(=O)(=O)c2ccc(N3CCCC3=O)cc2)CC1.Cl.